The zero-order valence-electron chi connectivity index (χ0n) is 18.0. The number of piperidine rings is 1. The highest BCUT2D eigenvalue weighted by Crippen LogP contribution is 2.16. The molecule has 5 nitrogen and oxygen atoms in total. The number of ketones is 1. The zero-order valence-corrected chi connectivity index (χ0v) is 18.0. The maximum absolute atomic E-state index is 12.9. The summed E-state index contributed by atoms with van der Waals surface area (Å²) in [7, 11) is 0. The molecule has 5 heteroatoms. The Bertz CT molecular complexity index is 1030. The van der Waals surface area contributed by atoms with Gasteiger partial charge in [0.25, 0.3) is 0 Å². The summed E-state index contributed by atoms with van der Waals surface area (Å²) in [6, 6.07) is 21.8. The number of aryl methyl sites for hydroxylation is 1. The fourth-order valence-corrected chi connectivity index (χ4v) is 4.23. The van der Waals surface area contributed by atoms with E-state index in [0.29, 0.717) is 11.3 Å². The zero-order chi connectivity index (χ0) is 21.6. The molecule has 31 heavy (non-hydrogen) atoms. The number of amides is 1. The molecule has 0 saturated carbocycles. The molecule has 1 amide bonds. The molecule has 0 aliphatic carbocycles. The molecule has 1 fully saturated rings. The first-order valence-corrected chi connectivity index (χ1v) is 10.9. The van der Waals surface area contributed by atoms with Crippen LogP contribution in [0.3, 0.4) is 0 Å². The molecule has 0 atom stereocenters. The van der Waals surface area contributed by atoms with Crippen LogP contribution in [0.4, 0.5) is 0 Å². The van der Waals surface area contributed by atoms with Crippen molar-refractivity contribution in [2.24, 2.45) is 0 Å². The summed E-state index contributed by atoms with van der Waals surface area (Å²) in [5.74, 6) is -0.0957. The van der Waals surface area contributed by atoms with E-state index in [0.717, 1.165) is 38.0 Å². The van der Waals surface area contributed by atoms with Crippen LogP contribution < -0.4 is 5.32 Å². The minimum Gasteiger partial charge on any atom is -0.352 e. The number of carbonyl (C=O) groups is 2. The highest BCUT2D eigenvalue weighted by Gasteiger charge is 2.22. The fraction of sp³-hybridized carbons (Fsp3) is 0.308. The van der Waals surface area contributed by atoms with E-state index in [-0.39, 0.29) is 24.3 Å². The predicted molar refractivity (Wildman–Crippen MR) is 122 cm³/mol. The van der Waals surface area contributed by atoms with Gasteiger partial charge in [-0.2, -0.15) is 0 Å². The normalized spacial score (nSPS) is 15.0. The van der Waals surface area contributed by atoms with Gasteiger partial charge in [-0.15, -0.1) is 0 Å². The molecule has 2 heterocycles. The van der Waals surface area contributed by atoms with Crippen molar-refractivity contribution in [2.75, 3.05) is 13.1 Å². The molecule has 0 spiro atoms. The van der Waals surface area contributed by atoms with E-state index in [2.05, 4.69) is 34.5 Å². The van der Waals surface area contributed by atoms with Crippen LogP contribution >= 0.6 is 0 Å². The Labute approximate surface area is 183 Å². The lowest BCUT2D eigenvalue weighted by molar-refractivity contribution is -0.122. The summed E-state index contributed by atoms with van der Waals surface area (Å²) in [6.07, 6.45) is 3.69. The Hall–Kier alpha value is -3.18. The monoisotopic (exact) mass is 415 g/mol. The van der Waals surface area contributed by atoms with Gasteiger partial charge in [0.2, 0.25) is 11.7 Å². The van der Waals surface area contributed by atoms with Gasteiger partial charge >= 0.3 is 0 Å². The van der Waals surface area contributed by atoms with Crippen LogP contribution in [0, 0.1) is 6.92 Å². The third kappa shape index (κ3) is 5.30. The van der Waals surface area contributed by atoms with Gasteiger partial charge in [-0.3, -0.25) is 14.5 Å². The van der Waals surface area contributed by atoms with Crippen LogP contribution in [0.2, 0.25) is 0 Å². The maximum atomic E-state index is 12.9. The van der Waals surface area contributed by atoms with Gasteiger partial charge in [0.1, 0.15) is 6.54 Å². The highest BCUT2D eigenvalue weighted by atomic mass is 16.2. The molecule has 0 bridgehead atoms. The molecule has 1 aliphatic heterocycles. The SMILES string of the molecule is Cc1ccccc1C(=O)c1cccn1CC(=O)NC1CCN(Cc2ccccc2)CC1. The van der Waals surface area contributed by atoms with Crippen molar-refractivity contribution in [3.63, 3.8) is 0 Å². The summed E-state index contributed by atoms with van der Waals surface area (Å²) in [6.45, 7) is 4.98. The molecule has 1 N–H and O–H groups in total. The average Bonchev–Trinajstić information content (AvgIpc) is 3.23. The Balaban J connectivity index is 1.30. The number of nitrogens with one attached hydrogen (secondary N) is 1. The quantitative estimate of drug-likeness (QED) is 0.597. The van der Waals surface area contributed by atoms with Gasteiger partial charge in [-0.05, 0) is 43.0 Å². The summed E-state index contributed by atoms with van der Waals surface area (Å²) in [5.41, 5.74) is 3.48. The van der Waals surface area contributed by atoms with Crippen LogP contribution in [0.15, 0.2) is 72.9 Å². The van der Waals surface area contributed by atoms with Crippen LogP contribution in [0.1, 0.15) is 40.0 Å². The van der Waals surface area contributed by atoms with Gasteiger partial charge in [-0.1, -0.05) is 54.6 Å². The Morgan fingerprint density at radius 1 is 0.935 bits per heavy atom. The molecule has 0 radical (unpaired) electrons. The smallest absolute Gasteiger partial charge is 0.240 e. The molecule has 2 aromatic carbocycles. The number of likely N-dealkylation sites (tertiary alicyclic amines) is 1. The Morgan fingerprint density at radius 3 is 2.39 bits per heavy atom. The first-order valence-electron chi connectivity index (χ1n) is 10.9. The molecule has 3 aromatic rings. The molecule has 1 aliphatic rings. The second kappa shape index (κ2) is 9.75. The minimum atomic E-state index is -0.0508. The van der Waals surface area contributed by atoms with Crippen molar-refractivity contribution in [1.82, 2.24) is 14.8 Å². The van der Waals surface area contributed by atoms with E-state index in [1.54, 1.807) is 16.8 Å². The summed E-state index contributed by atoms with van der Waals surface area (Å²) >= 11 is 0. The largest absolute Gasteiger partial charge is 0.352 e. The summed E-state index contributed by atoms with van der Waals surface area (Å²) < 4.78 is 1.74. The number of rotatable bonds is 7. The second-order valence-corrected chi connectivity index (χ2v) is 8.27. The number of hydrogen-bond donors (Lipinski definition) is 1. The van der Waals surface area contributed by atoms with Gasteiger partial charge < -0.3 is 9.88 Å². The first-order chi connectivity index (χ1) is 15.1. The van der Waals surface area contributed by atoms with Crippen molar-refractivity contribution >= 4 is 11.7 Å². The lowest BCUT2D eigenvalue weighted by Gasteiger charge is -2.32. The van der Waals surface area contributed by atoms with Crippen molar-refractivity contribution in [1.29, 1.82) is 0 Å². The van der Waals surface area contributed by atoms with E-state index in [1.165, 1.54) is 5.56 Å². The fourth-order valence-electron chi connectivity index (χ4n) is 4.23. The van der Waals surface area contributed by atoms with Crippen LogP contribution in [0.5, 0.6) is 0 Å². The molecule has 0 unspecified atom stereocenters. The average molecular weight is 416 g/mol. The second-order valence-electron chi connectivity index (χ2n) is 8.27. The summed E-state index contributed by atoms with van der Waals surface area (Å²) in [5, 5.41) is 3.16. The molecule has 1 saturated heterocycles. The molecular weight excluding hydrogens is 386 g/mol. The van der Waals surface area contributed by atoms with Crippen molar-refractivity contribution in [3.8, 4) is 0 Å². The Kier molecular flexibility index (Phi) is 6.63. The third-order valence-electron chi connectivity index (χ3n) is 5.97. The standard InChI is InChI=1S/C26H29N3O2/c1-20-8-5-6-11-23(20)26(31)24-12-7-15-29(24)19-25(30)27-22-13-16-28(17-14-22)18-21-9-3-2-4-10-21/h2-12,15,22H,13-14,16-19H2,1H3,(H,27,30). The first kappa shape index (κ1) is 21.1. The Morgan fingerprint density at radius 2 is 1.65 bits per heavy atom. The molecule has 4 rings (SSSR count). The van der Waals surface area contributed by atoms with E-state index in [1.807, 2.05) is 43.3 Å². The lowest BCUT2D eigenvalue weighted by atomic mass is 10.0. The number of carbonyl (C=O) groups excluding carboxylic acids is 2. The lowest BCUT2D eigenvalue weighted by Crippen LogP contribution is -2.45. The third-order valence-corrected chi connectivity index (χ3v) is 5.97. The van der Waals surface area contributed by atoms with Crippen LogP contribution in [0.25, 0.3) is 0 Å². The maximum Gasteiger partial charge on any atom is 0.240 e. The molecule has 1 aromatic heterocycles. The van der Waals surface area contributed by atoms with E-state index in [4.69, 9.17) is 0 Å². The number of benzene rings is 2. The van der Waals surface area contributed by atoms with Crippen molar-refractivity contribution in [3.05, 3.63) is 95.3 Å². The van der Waals surface area contributed by atoms with Gasteiger partial charge in [0, 0.05) is 37.4 Å². The molecular formula is C26H29N3O2. The van der Waals surface area contributed by atoms with Gasteiger partial charge in [0.05, 0.1) is 5.69 Å². The van der Waals surface area contributed by atoms with E-state index in [9.17, 15) is 9.59 Å². The van der Waals surface area contributed by atoms with Crippen molar-refractivity contribution in [2.45, 2.75) is 38.9 Å². The molecule has 160 valence electrons. The topological polar surface area (TPSA) is 54.3 Å². The predicted octanol–water partition coefficient (Wildman–Crippen LogP) is 3.81. The van der Waals surface area contributed by atoms with Crippen LogP contribution in [-0.2, 0) is 17.9 Å². The van der Waals surface area contributed by atoms with Crippen LogP contribution in [-0.4, -0.2) is 40.3 Å². The van der Waals surface area contributed by atoms with E-state index >= 15 is 0 Å². The van der Waals surface area contributed by atoms with Gasteiger partial charge in [-0.25, -0.2) is 0 Å². The number of nitrogens with zero attached hydrogens (tertiary/aromatic N) is 2. The highest BCUT2D eigenvalue weighted by molar-refractivity contribution is 6.09. The van der Waals surface area contributed by atoms with E-state index < -0.39 is 0 Å². The number of hydrogen-bond acceptors (Lipinski definition) is 3. The van der Waals surface area contributed by atoms with Crippen molar-refractivity contribution < 1.29 is 9.59 Å². The summed E-state index contributed by atoms with van der Waals surface area (Å²) in [4.78, 5) is 28.1. The number of aromatic nitrogens is 1. The minimum absolute atomic E-state index is 0.0449. The van der Waals surface area contributed by atoms with Gasteiger partial charge in [0.15, 0.2) is 0 Å².